The first-order valence-electron chi connectivity index (χ1n) is 13.6. The molecule has 2 amide bonds. The van der Waals surface area contributed by atoms with Crippen LogP contribution in [0.5, 0.6) is 0 Å². The normalized spacial score (nSPS) is 17.2. The highest BCUT2D eigenvalue weighted by molar-refractivity contribution is 5.94. The number of imide groups is 1. The molecular formula is C27H51NO3. The maximum atomic E-state index is 13.2. The summed E-state index contributed by atoms with van der Waals surface area (Å²) in [7, 11) is 0. The summed E-state index contributed by atoms with van der Waals surface area (Å²) >= 11 is 0. The van der Waals surface area contributed by atoms with Crippen molar-refractivity contribution in [3.63, 3.8) is 0 Å². The smallest absolute Gasteiger partial charge is 0.416 e. The van der Waals surface area contributed by atoms with E-state index < -0.39 is 6.09 Å². The highest BCUT2D eigenvalue weighted by atomic mass is 16.6. The fourth-order valence-electron chi connectivity index (χ4n) is 4.67. The number of hydrogen-bond donors (Lipinski definition) is 0. The van der Waals surface area contributed by atoms with Gasteiger partial charge in [-0.15, -0.1) is 0 Å². The fourth-order valence-corrected chi connectivity index (χ4v) is 4.67. The lowest BCUT2D eigenvalue weighted by Crippen LogP contribution is -2.42. The van der Waals surface area contributed by atoms with E-state index in [4.69, 9.17) is 4.74 Å². The monoisotopic (exact) mass is 437 g/mol. The number of hydrogen-bond acceptors (Lipinski definition) is 3. The van der Waals surface area contributed by atoms with Crippen LogP contribution < -0.4 is 0 Å². The quantitative estimate of drug-likeness (QED) is 0.180. The highest BCUT2D eigenvalue weighted by Crippen LogP contribution is 2.25. The van der Waals surface area contributed by atoms with Crippen LogP contribution in [0.1, 0.15) is 143 Å². The van der Waals surface area contributed by atoms with Crippen molar-refractivity contribution in [2.24, 2.45) is 5.92 Å². The fraction of sp³-hybridized carbons (Fsp3) is 0.926. The van der Waals surface area contributed by atoms with Gasteiger partial charge in [0, 0.05) is 5.92 Å². The third-order valence-corrected chi connectivity index (χ3v) is 6.83. The maximum Gasteiger partial charge on any atom is 0.416 e. The zero-order valence-electron chi connectivity index (χ0n) is 21.0. The van der Waals surface area contributed by atoms with Crippen LogP contribution in [0, 0.1) is 5.92 Å². The zero-order valence-corrected chi connectivity index (χ0v) is 21.0. The maximum absolute atomic E-state index is 13.2. The topological polar surface area (TPSA) is 46.6 Å². The summed E-state index contributed by atoms with van der Waals surface area (Å²) in [5.74, 6) is 0.0109. The summed E-state index contributed by atoms with van der Waals surface area (Å²) in [5.41, 5.74) is 0. The van der Waals surface area contributed by atoms with Crippen molar-refractivity contribution in [1.82, 2.24) is 4.90 Å². The largest absolute Gasteiger partial charge is 0.447 e. The molecule has 0 bridgehead atoms. The predicted molar refractivity (Wildman–Crippen MR) is 130 cm³/mol. The second-order valence-electron chi connectivity index (χ2n) is 9.57. The zero-order chi connectivity index (χ0) is 22.7. The lowest BCUT2D eigenvalue weighted by Gasteiger charge is -2.24. The Morgan fingerprint density at radius 1 is 0.774 bits per heavy atom. The number of amides is 2. The molecule has 1 aliphatic heterocycles. The van der Waals surface area contributed by atoms with Crippen molar-refractivity contribution >= 4 is 12.0 Å². The molecular weight excluding hydrogens is 386 g/mol. The first-order chi connectivity index (χ1) is 15.2. The minimum atomic E-state index is -0.424. The highest BCUT2D eigenvalue weighted by Gasteiger charge is 2.39. The Hall–Kier alpha value is -1.06. The SMILES string of the molecule is CCCCCCCCCCCCC[C@H](CCCCCCC)C(=O)N1C(=O)OC[C@@H]1CC. The minimum absolute atomic E-state index is 0.0140. The van der Waals surface area contributed by atoms with Gasteiger partial charge >= 0.3 is 6.09 Å². The van der Waals surface area contributed by atoms with E-state index in [1.54, 1.807) is 0 Å². The Bertz CT molecular complexity index is 465. The Morgan fingerprint density at radius 3 is 1.61 bits per heavy atom. The average Bonchev–Trinajstić information content (AvgIpc) is 3.15. The molecule has 1 saturated heterocycles. The molecule has 4 heteroatoms. The molecule has 0 N–H and O–H groups in total. The van der Waals surface area contributed by atoms with Gasteiger partial charge in [-0.25, -0.2) is 9.69 Å². The first-order valence-corrected chi connectivity index (χ1v) is 13.6. The van der Waals surface area contributed by atoms with Crippen LogP contribution in [0.15, 0.2) is 0 Å². The van der Waals surface area contributed by atoms with E-state index in [0.717, 1.165) is 32.1 Å². The molecule has 0 saturated carbocycles. The number of unbranched alkanes of at least 4 members (excludes halogenated alkanes) is 14. The molecule has 1 rings (SSSR count). The van der Waals surface area contributed by atoms with Crippen molar-refractivity contribution < 1.29 is 14.3 Å². The number of carbonyl (C=O) groups excluding carboxylic acids is 2. The standard InChI is InChI=1S/C27H51NO3/c1-4-7-9-11-12-13-14-15-16-18-20-22-24(21-19-17-10-8-5-2)26(29)28-25(6-3)23-31-27(28)30/h24-25H,4-23H2,1-3H3/t24-,25-/m0/s1. The molecule has 4 nitrogen and oxygen atoms in total. The Balaban J connectivity index is 2.32. The second-order valence-corrected chi connectivity index (χ2v) is 9.57. The van der Waals surface area contributed by atoms with Crippen LogP contribution in [-0.2, 0) is 9.53 Å². The number of cyclic esters (lactones) is 1. The van der Waals surface area contributed by atoms with Crippen molar-refractivity contribution in [2.45, 2.75) is 149 Å². The molecule has 31 heavy (non-hydrogen) atoms. The summed E-state index contributed by atoms with van der Waals surface area (Å²) in [5, 5.41) is 0. The van der Waals surface area contributed by atoms with E-state index >= 15 is 0 Å². The second kappa shape index (κ2) is 18.5. The molecule has 0 radical (unpaired) electrons. The van der Waals surface area contributed by atoms with E-state index in [1.807, 2.05) is 6.92 Å². The van der Waals surface area contributed by atoms with E-state index in [0.29, 0.717) is 6.61 Å². The summed E-state index contributed by atoms with van der Waals surface area (Å²) < 4.78 is 5.18. The number of carbonyl (C=O) groups is 2. The van der Waals surface area contributed by atoms with Gasteiger partial charge in [0.05, 0.1) is 6.04 Å². The molecule has 0 aromatic heterocycles. The van der Waals surface area contributed by atoms with Crippen molar-refractivity contribution in [3.05, 3.63) is 0 Å². The first kappa shape index (κ1) is 28.0. The molecule has 0 aromatic rings. The van der Waals surface area contributed by atoms with Gasteiger partial charge in [-0.2, -0.15) is 0 Å². The molecule has 1 fully saturated rings. The summed E-state index contributed by atoms with van der Waals surface area (Å²) in [6, 6.07) is -0.0695. The van der Waals surface area contributed by atoms with Gasteiger partial charge in [0.2, 0.25) is 5.91 Å². The Morgan fingerprint density at radius 2 is 1.19 bits per heavy atom. The summed E-state index contributed by atoms with van der Waals surface area (Å²) in [6.07, 6.45) is 22.7. The van der Waals surface area contributed by atoms with Crippen molar-refractivity contribution in [2.75, 3.05) is 6.61 Å². The van der Waals surface area contributed by atoms with Crippen LogP contribution >= 0.6 is 0 Å². The third kappa shape index (κ3) is 11.9. The molecule has 1 aliphatic rings. The van der Waals surface area contributed by atoms with Crippen molar-refractivity contribution in [1.29, 1.82) is 0 Å². The van der Waals surface area contributed by atoms with Crippen LogP contribution in [-0.4, -0.2) is 29.5 Å². The lowest BCUT2D eigenvalue weighted by atomic mass is 9.92. The molecule has 0 aromatic carbocycles. The predicted octanol–water partition coefficient (Wildman–Crippen LogP) is 8.42. The van der Waals surface area contributed by atoms with E-state index in [-0.39, 0.29) is 17.9 Å². The molecule has 0 spiro atoms. The number of ether oxygens (including phenoxy) is 1. The third-order valence-electron chi connectivity index (χ3n) is 6.83. The number of rotatable bonds is 20. The Labute approximate surface area is 192 Å². The number of nitrogens with zero attached hydrogens (tertiary/aromatic N) is 1. The van der Waals surface area contributed by atoms with Gasteiger partial charge in [0.15, 0.2) is 0 Å². The molecule has 2 atom stereocenters. The van der Waals surface area contributed by atoms with E-state index in [1.165, 1.54) is 94.8 Å². The van der Waals surface area contributed by atoms with Gasteiger partial charge in [-0.1, -0.05) is 124 Å². The van der Waals surface area contributed by atoms with Gasteiger partial charge in [-0.05, 0) is 19.3 Å². The van der Waals surface area contributed by atoms with Crippen LogP contribution in [0.25, 0.3) is 0 Å². The summed E-state index contributed by atoms with van der Waals surface area (Å²) in [6.45, 7) is 6.88. The minimum Gasteiger partial charge on any atom is -0.447 e. The van der Waals surface area contributed by atoms with E-state index in [9.17, 15) is 9.59 Å². The van der Waals surface area contributed by atoms with Crippen LogP contribution in [0.3, 0.4) is 0 Å². The lowest BCUT2D eigenvalue weighted by molar-refractivity contribution is -0.134. The van der Waals surface area contributed by atoms with Crippen molar-refractivity contribution in [3.8, 4) is 0 Å². The molecule has 182 valence electrons. The molecule has 0 unspecified atom stereocenters. The van der Waals surface area contributed by atoms with Crippen LogP contribution in [0.4, 0.5) is 4.79 Å². The van der Waals surface area contributed by atoms with Gasteiger partial charge in [0.25, 0.3) is 0 Å². The van der Waals surface area contributed by atoms with Gasteiger partial charge in [-0.3, -0.25) is 4.79 Å². The Kier molecular flexibility index (Phi) is 16.7. The summed E-state index contributed by atoms with van der Waals surface area (Å²) in [4.78, 5) is 26.8. The molecule has 0 aliphatic carbocycles. The average molecular weight is 438 g/mol. The molecule has 1 heterocycles. The van der Waals surface area contributed by atoms with Gasteiger partial charge in [0.1, 0.15) is 6.61 Å². The van der Waals surface area contributed by atoms with Crippen LogP contribution in [0.2, 0.25) is 0 Å². The van der Waals surface area contributed by atoms with Gasteiger partial charge < -0.3 is 4.74 Å². The van der Waals surface area contributed by atoms with E-state index in [2.05, 4.69) is 13.8 Å².